The monoisotopic (exact) mass is 277 g/mol. The Labute approximate surface area is 122 Å². The summed E-state index contributed by atoms with van der Waals surface area (Å²) < 4.78 is 5.55. The van der Waals surface area contributed by atoms with Crippen LogP contribution in [0.5, 0.6) is 0 Å². The fraction of sp³-hybridized carbons (Fsp3) is 0.562. The van der Waals surface area contributed by atoms with Gasteiger partial charge in [-0.25, -0.2) is 0 Å². The van der Waals surface area contributed by atoms with Crippen molar-refractivity contribution in [3.63, 3.8) is 0 Å². The van der Waals surface area contributed by atoms with E-state index in [-0.39, 0.29) is 0 Å². The van der Waals surface area contributed by atoms with E-state index in [1.54, 1.807) is 7.05 Å². The van der Waals surface area contributed by atoms with Crippen molar-refractivity contribution in [3.8, 4) is 0 Å². The molecular weight excluding hydrogens is 250 g/mol. The van der Waals surface area contributed by atoms with Crippen LogP contribution in [0.15, 0.2) is 35.3 Å². The molecule has 0 aliphatic rings. The molecule has 1 aromatic rings. The van der Waals surface area contributed by atoms with E-state index in [0.29, 0.717) is 12.5 Å². The maximum Gasteiger partial charge on any atom is 0.193 e. The van der Waals surface area contributed by atoms with Crippen LogP contribution in [-0.2, 0) is 11.3 Å². The third kappa shape index (κ3) is 6.57. The second kappa shape index (κ2) is 9.37. The highest BCUT2D eigenvalue weighted by molar-refractivity contribution is 5.79. The summed E-state index contributed by atoms with van der Waals surface area (Å²) in [4.78, 5) is 6.40. The SMILES string of the molecule is CN=C(NCCOCC(C)C)N(C)Cc1ccccc1. The summed E-state index contributed by atoms with van der Waals surface area (Å²) in [7, 11) is 3.84. The number of hydrogen-bond acceptors (Lipinski definition) is 2. The third-order valence-electron chi connectivity index (χ3n) is 2.82. The number of guanidine groups is 1. The van der Waals surface area contributed by atoms with Crippen molar-refractivity contribution < 1.29 is 4.74 Å². The molecule has 0 atom stereocenters. The number of rotatable bonds is 7. The molecule has 4 nitrogen and oxygen atoms in total. The first-order valence-electron chi connectivity index (χ1n) is 7.17. The van der Waals surface area contributed by atoms with Crippen LogP contribution in [0.3, 0.4) is 0 Å². The van der Waals surface area contributed by atoms with Crippen molar-refractivity contribution in [3.05, 3.63) is 35.9 Å². The van der Waals surface area contributed by atoms with Crippen LogP contribution in [-0.4, -0.2) is 44.7 Å². The van der Waals surface area contributed by atoms with Crippen LogP contribution < -0.4 is 5.32 Å². The molecule has 0 aromatic heterocycles. The number of nitrogens with zero attached hydrogens (tertiary/aromatic N) is 2. The van der Waals surface area contributed by atoms with E-state index in [0.717, 1.165) is 25.7 Å². The molecule has 1 aromatic carbocycles. The van der Waals surface area contributed by atoms with Crippen LogP contribution >= 0.6 is 0 Å². The smallest absolute Gasteiger partial charge is 0.193 e. The van der Waals surface area contributed by atoms with E-state index in [2.05, 4.69) is 53.3 Å². The van der Waals surface area contributed by atoms with Gasteiger partial charge in [-0.3, -0.25) is 4.99 Å². The lowest BCUT2D eigenvalue weighted by Crippen LogP contribution is -2.40. The average molecular weight is 277 g/mol. The molecule has 0 aliphatic heterocycles. The van der Waals surface area contributed by atoms with E-state index in [4.69, 9.17) is 4.74 Å². The maximum atomic E-state index is 5.55. The number of nitrogens with one attached hydrogen (secondary N) is 1. The Morgan fingerprint density at radius 1 is 1.30 bits per heavy atom. The Morgan fingerprint density at radius 2 is 2.00 bits per heavy atom. The standard InChI is InChI=1S/C16H27N3O/c1-14(2)13-20-11-10-18-16(17-3)19(4)12-15-8-6-5-7-9-15/h5-9,14H,10-13H2,1-4H3,(H,17,18). The highest BCUT2D eigenvalue weighted by Crippen LogP contribution is 2.02. The van der Waals surface area contributed by atoms with Crippen LogP contribution in [0, 0.1) is 5.92 Å². The van der Waals surface area contributed by atoms with Gasteiger partial charge >= 0.3 is 0 Å². The predicted octanol–water partition coefficient (Wildman–Crippen LogP) is 2.37. The molecule has 0 saturated carbocycles. The normalized spacial score (nSPS) is 11.8. The van der Waals surface area contributed by atoms with Gasteiger partial charge in [0.05, 0.1) is 6.61 Å². The van der Waals surface area contributed by atoms with Gasteiger partial charge in [-0.2, -0.15) is 0 Å². The summed E-state index contributed by atoms with van der Waals surface area (Å²) in [5.74, 6) is 1.47. The minimum Gasteiger partial charge on any atom is -0.379 e. The van der Waals surface area contributed by atoms with E-state index in [9.17, 15) is 0 Å². The topological polar surface area (TPSA) is 36.9 Å². The van der Waals surface area contributed by atoms with Crippen molar-refractivity contribution in [2.75, 3.05) is 33.9 Å². The molecule has 4 heteroatoms. The maximum absolute atomic E-state index is 5.55. The quantitative estimate of drug-likeness (QED) is 0.472. The Bertz CT molecular complexity index is 390. The molecule has 0 amide bonds. The van der Waals surface area contributed by atoms with Gasteiger partial charge < -0.3 is 15.0 Å². The molecule has 0 unspecified atom stereocenters. The molecule has 0 fully saturated rings. The van der Waals surface area contributed by atoms with Gasteiger partial charge in [-0.05, 0) is 11.5 Å². The molecule has 112 valence electrons. The Hall–Kier alpha value is -1.55. The lowest BCUT2D eigenvalue weighted by molar-refractivity contribution is 0.114. The molecule has 0 bridgehead atoms. The minimum absolute atomic E-state index is 0.579. The largest absolute Gasteiger partial charge is 0.379 e. The summed E-state index contributed by atoms with van der Waals surface area (Å²) >= 11 is 0. The van der Waals surface area contributed by atoms with Gasteiger partial charge in [-0.15, -0.1) is 0 Å². The van der Waals surface area contributed by atoms with E-state index >= 15 is 0 Å². The fourth-order valence-electron chi connectivity index (χ4n) is 1.87. The first kappa shape index (κ1) is 16.5. The first-order valence-corrected chi connectivity index (χ1v) is 7.17. The molecule has 0 radical (unpaired) electrons. The van der Waals surface area contributed by atoms with Crippen LogP contribution in [0.1, 0.15) is 19.4 Å². The highest BCUT2D eigenvalue weighted by atomic mass is 16.5. The number of ether oxygens (including phenoxy) is 1. The number of hydrogen-bond donors (Lipinski definition) is 1. The van der Waals surface area contributed by atoms with Crippen LogP contribution in [0.4, 0.5) is 0 Å². The van der Waals surface area contributed by atoms with E-state index < -0.39 is 0 Å². The summed E-state index contributed by atoms with van der Waals surface area (Å²) in [6, 6.07) is 10.4. The van der Waals surface area contributed by atoms with Gasteiger partial charge in [0.2, 0.25) is 0 Å². The lowest BCUT2D eigenvalue weighted by atomic mass is 10.2. The Morgan fingerprint density at radius 3 is 2.60 bits per heavy atom. The van der Waals surface area contributed by atoms with Crippen molar-refractivity contribution in [1.82, 2.24) is 10.2 Å². The molecule has 20 heavy (non-hydrogen) atoms. The van der Waals surface area contributed by atoms with Crippen molar-refractivity contribution in [2.24, 2.45) is 10.9 Å². The predicted molar refractivity (Wildman–Crippen MR) is 84.9 cm³/mol. The summed E-state index contributed by atoms with van der Waals surface area (Å²) in [5.41, 5.74) is 1.27. The van der Waals surface area contributed by atoms with Crippen LogP contribution in [0.25, 0.3) is 0 Å². The van der Waals surface area contributed by atoms with Gasteiger partial charge in [0.15, 0.2) is 5.96 Å². The third-order valence-corrected chi connectivity index (χ3v) is 2.82. The zero-order valence-corrected chi connectivity index (χ0v) is 13.1. The number of aliphatic imine (C=N–C) groups is 1. The molecule has 0 saturated heterocycles. The number of benzene rings is 1. The summed E-state index contributed by atoms with van der Waals surface area (Å²) in [5, 5.41) is 3.31. The molecule has 1 N–H and O–H groups in total. The van der Waals surface area contributed by atoms with Gasteiger partial charge in [0.1, 0.15) is 0 Å². The molecule has 1 rings (SSSR count). The first-order chi connectivity index (χ1) is 9.63. The second-order valence-corrected chi connectivity index (χ2v) is 5.28. The molecule has 0 spiro atoms. The van der Waals surface area contributed by atoms with Crippen molar-refractivity contribution in [1.29, 1.82) is 0 Å². The zero-order chi connectivity index (χ0) is 14.8. The second-order valence-electron chi connectivity index (χ2n) is 5.28. The van der Waals surface area contributed by atoms with Gasteiger partial charge in [0.25, 0.3) is 0 Å². The summed E-state index contributed by atoms with van der Waals surface area (Å²) in [6.07, 6.45) is 0. The van der Waals surface area contributed by atoms with Crippen molar-refractivity contribution in [2.45, 2.75) is 20.4 Å². The Kier molecular flexibility index (Phi) is 7.73. The Balaban J connectivity index is 2.31. The van der Waals surface area contributed by atoms with Gasteiger partial charge in [0, 0.05) is 33.8 Å². The van der Waals surface area contributed by atoms with Crippen LogP contribution in [0.2, 0.25) is 0 Å². The van der Waals surface area contributed by atoms with Gasteiger partial charge in [-0.1, -0.05) is 44.2 Å². The molecule has 0 heterocycles. The highest BCUT2D eigenvalue weighted by Gasteiger charge is 2.05. The minimum atomic E-state index is 0.579. The van der Waals surface area contributed by atoms with Crippen molar-refractivity contribution >= 4 is 5.96 Å². The summed E-state index contributed by atoms with van der Waals surface area (Å²) in [6.45, 7) is 7.43. The fourth-order valence-corrected chi connectivity index (χ4v) is 1.87. The van der Waals surface area contributed by atoms with E-state index in [1.165, 1.54) is 5.56 Å². The lowest BCUT2D eigenvalue weighted by Gasteiger charge is -2.22. The molecular formula is C16H27N3O. The zero-order valence-electron chi connectivity index (χ0n) is 13.1. The average Bonchev–Trinajstić information content (AvgIpc) is 2.43. The molecule has 0 aliphatic carbocycles. The van der Waals surface area contributed by atoms with E-state index in [1.807, 2.05) is 13.1 Å².